The van der Waals surface area contributed by atoms with Gasteiger partial charge in [0.1, 0.15) is 11.5 Å². The summed E-state index contributed by atoms with van der Waals surface area (Å²) in [6, 6.07) is 19.3. The van der Waals surface area contributed by atoms with Gasteiger partial charge in [-0.25, -0.2) is 9.18 Å². The minimum Gasteiger partial charge on any atom is -0.477 e. The largest absolute Gasteiger partial charge is 0.477 e. The Morgan fingerprint density at radius 2 is 1.72 bits per heavy atom. The number of nitrogens with one attached hydrogen (secondary N) is 1. The minimum absolute atomic E-state index is 0.0796. The predicted octanol–water partition coefficient (Wildman–Crippen LogP) is 8.03. The van der Waals surface area contributed by atoms with Crippen LogP contribution in [0, 0.1) is 5.82 Å². The van der Waals surface area contributed by atoms with Crippen molar-refractivity contribution in [1.29, 1.82) is 0 Å². The Balaban J connectivity index is 1.82. The van der Waals surface area contributed by atoms with Gasteiger partial charge < -0.3 is 15.0 Å². The third kappa shape index (κ3) is 4.77. The summed E-state index contributed by atoms with van der Waals surface area (Å²) in [7, 11) is 0. The molecule has 0 amide bonds. The highest BCUT2D eigenvalue weighted by atomic mass is 35.5. The van der Waals surface area contributed by atoms with Crippen molar-refractivity contribution in [1.82, 2.24) is 9.88 Å². The second-order valence-electron chi connectivity index (χ2n) is 8.93. The van der Waals surface area contributed by atoms with Gasteiger partial charge in [-0.15, -0.1) is 0 Å². The number of halogens is 3. The van der Waals surface area contributed by atoms with Crippen molar-refractivity contribution in [3.8, 4) is 0 Å². The zero-order chi connectivity index (χ0) is 25.4. The zero-order valence-electron chi connectivity index (χ0n) is 19.5. The molecule has 0 unspecified atom stereocenters. The van der Waals surface area contributed by atoms with E-state index >= 15 is 0 Å². The van der Waals surface area contributed by atoms with E-state index in [2.05, 4.69) is 22.9 Å². The lowest BCUT2D eigenvalue weighted by Crippen LogP contribution is -2.24. The molecule has 0 spiro atoms. The highest BCUT2D eigenvalue weighted by Crippen LogP contribution is 2.40. The van der Waals surface area contributed by atoms with Crippen molar-refractivity contribution in [2.75, 3.05) is 6.54 Å². The van der Waals surface area contributed by atoms with Crippen LogP contribution in [0.5, 0.6) is 0 Å². The van der Waals surface area contributed by atoms with Gasteiger partial charge in [0.2, 0.25) is 0 Å². The summed E-state index contributed by atoms with van der Waals surface area (Å²) in [5, 5.41) is 12.1. The molecule has 36 heavy (non-hydrogen) atoms. The molecule has 2 heterocycles. The lowest BCUT2D eigenvalue weighted by atomic mass is 9.95. The molecule has 0 atom stereocenters. The number of carbonyl (C=O) groups is 1. The molecule has 0 saturated carbocycles. The lowest BCUT2D eigenvalue weighted by molar-refractivity contribution is 0.0691. The molecule has 7 heteroatoms. The van der Waals surface area contributed by atoms with Crippen LogP contribution in [0.3, 0.4) is 0 Å². The molecule has 0 saturated heterocycles. The quantitative estimate of drug-likeness (QED) is 0.280. The van der Waals surface area contributed by atoms with Crippen molar-refractivity contribution in [2.24, 2.45) is 0 Å². The number of aromatic carboxylic acids is 1. The van der Waals surface area contributed by atoms with Gasteiger partial charge in [0.15, 0.2) is 0 Å². The Kier molecular flexibility index (Phi) is 6.61. The van der Waals surface area contributed by atoms with E-state index in [9.17, 15) is 14.3 Å². The van der Waals surface area contributed by atoms with Crippen LogP contribution in [0.15, 0.2) is 78.4 Å². The molecule has 4 aromatic rings. The van der Waals surface area contributed by atoms with Gasteiger partial charge in [0, 0.05) is 45.2 Å². The van der Waals surface area contributed by atoms with E-state index in [1.807, 2.05) is 30.3 Å². The second-order valence-corrected chi connectivity index (χ2v) is 9.80. The third-order valence-electron chi connectivity index (χ3n) is 6.39. The molecule has 0 radical (unpaired) electrons. The first kappa shape index (κ1) is 24.2. The van der Waals surface area contributed by atoms with Crippen LogP contribution in [0.25, 0.3) is 22.2 Å². The maximum absolute atomic E-state index is 13.8. The monoisotopic (exact) mass is 520 g/mol. The van der Waals surface area contributed by atoms with Gasteiger partial charge in [-0.3, -0.25) is 0 Å². The van der Waals surface area contributed by atoms with E-state index in [4.69, 9.17) is 23.2 Å². The number of allylic oxidation sites excluding steroid dienone is 2. The summed E-state index contributed by atoms with van der Waals surface area (Å²) >= 11 is 12.4. The number of carboxylic acids is 1. The van der Waals surface area contributed by atoms with E-state index < -0.39 is 5.97 Å². The van der Waals surface area contributed by atoms with E-state index in [0.29, 0.717) is 34.2 Å². The van der Waals surface area contributed by atoms with Crippen molar-refractivity contribution in [2.45, 2.75) is 19.9 Å². The van der Waals surface area contributed by atoms with Gasteiger partial charge in [0.25, 0.3) is 0 Å². The first-order valence-electron chi connectivity index (χ1n) is 11.5. The summed E-state index contributed by atoms with van der Waals surface area (Å²) in [6.45, 7) is 3.27. The molecule has 0 aliphatic carbocycles. The number of H-pyrrole nitrogens is 1. The van der Waals surface area contributed by atoms with Crippen LogP contribution in [0.4, 0.5) is 4.39 Å². The highest BCUT2D eigenvalue weighted by molar-refractivity contribution is 6.31. The molecule has 1 aliphatic heterocycles. The van der Waals surface area contributed by atoms with Crippen molar-refractivity contribution >= 4 is 51.3 Å². The molecule has 1 aliphatic rings. The van der Waals surface area contributed by atoms with Crippen LogP contribution in [0.2, 0.25) is 10.0 Å². The fraction of sp³-hybridized carbons (Fsp3) is 0.138. The van der Waals surface area contributed by atoms with Gasteiger partial charge in [0.05, 0.1) is 5.70 Å². The zero-order valence-corrected chi connectivity index (χ0v) is 21.0. The van der Waals surface area contributed by atoms with Crippen molar-refractivity contribution < 1.29 is 14.3 Å². The number of hydrogen-bond acceptors (Lipinski definition) is 2. The maximum Gasteiger partial charge on any atom is 0.353 e. The Morgan fingerprint density at radius 3 is 2.42 bits per heavy atom. The number of nitrogens with zero attached hydrogens (tertiary/aromatic N) is 1. The van der Waals surface area contributed by atoms with Crippen molar-refractivity contribution in [3.63, 3.8) is 0 Å². The van der Waals surface area contributed by atoms with Gasteiger partial charge in [-0.1, -0.05) is 65.2 Å². The van der Waals surface area contributed by atoms with Crippen LogP contribution in [-0.4, -0.2) is 27.5 Å². The topological polar surface area (TPSA) is 56.3 Å². The number of aromatic nitrogens is 1. The first-order chi connectivity index (χ1) is 17.3. The summed E-state index contributed by atoms with van der Waals surface area (Å²) < 4.78 is 13.8. The molecule has 5 rings (SSSR count). The predicted molar refractivity (Wildman–Crippen MR) is 144 cm³/mol. The summed E-state index contributed by atoms with van der Waals surface area (Å²) in [6.07, 6.45) is 2.86. The van der Waals surface area contributed by atoms with Gasteiger partial charge in [-0.2, -0.15) is 0 Å². The first-order valence-corrected chi connectivity index (χ1v) is 12.3. The van der Waals surface area contributed by atoms with Gasteiger partial charge >= 0.3 is 5.97 Å². The SMILES string of the molecule is CC1=CC(c2ccc(F)cc2)=C(c2c(C(=O)O)[nH]c3cc(Cl)ccc23)N(Cc2ccc(Cl)cc2)CC1. The van der Waals surface area contributed by atoms with E-state index in [1.54, 1.807) is 24.3 Å². The normalized spacial score (nSPS) is 14.2. The summed E-state index contributed by atoms with van der Waals surface area (Å²) in [5.41, 5.74) is 5.87. The van der Waals surface area contributed by atoms with Crippen molar-refractivity contribution in [3.05, 3.63) is 117 Å². The number of hydrogen-bond donors (Lipinski definition) is 2. The molecular formula is C29H23Cl2FN2O2. The minimum atomic E-state index is -1.07. The molecule has 1 aromatic heterocycles. The van der Waals surface area contributed by atoms with Gasteiger partial charge in [-0.05, 0) is 60.9 Å². The van der Waals surface area contributed by atoms with E-state index in [-0.39, 0.29) is 11.5 Å². The number of rotatable bonds is 5. The molecule has 4 nitrogen and oxygen atoms in total. The van der Waals surface area contributed by atoms with E-state index in [1.165, 1.54) is 12.1 Å². The Bertz CT molecular complexity index is 1520. The summed E-state index contributed by atoms with van der Waals surface area (Å²) in [5.74, 6) is -1.40. The molecule has 182 valence electrons. The Hall–Kier alpha value is -3.54. The fourth-order valence-corrected chi connectivity index (χ4v) is 4.97. The average Bonchev–Trinajstić information content (AvgIpc) is 3.14. The standard InChI is InChI=1S/C29H23Cl2FN2O2/c1-17-12-13-34(16-18-2-6-20(30)7-3-18)28(24(14-17)19-4-9-22(32)10-5-19)26-23-11-8-21(31)15-25(23)33-27(26)29(35)36/h2-11,14-15,33H,12-13,16H2,1H3,(H,35,36). The maximum atomic E-state index is 13.8. The number of fused-ring (bicyclic) bond motifs is 1. The van der Waals surface area contributed by atoms with Crippen LogP contribution in [0.1, 0.15) is 40.5 Å². The number of benzene rings is 3. The smallest absolute Gasteiger partial charge is 0.353 e. The average molecular weight is 521 g/mol. The second kappa shape index (κ2) is 9.84. The molecular weight excluding hydrogens is 498 g/mol. The molecule has 3 aromatic carbocycles. The summed E-state index contributed by atoms with van der Waals surface area (Å²) in [4.78, 5) is 17.7. The fourth-order valence-electron chi connectivity index (χ4n) is 4.67. The van der Waals surface area contributed by atoms with Crippen LogP contribution >= 0.6 is 23.2 Å². The Morgan fingerprint density at radius 1 is 1.03 bits per heavy atom. The third-order valence-corrected chi connectivity index (χ3v) is 6.88. The molecule has 2 N–H and O–H groups in total. The van der Waals surface area contributed by atoms with Crippen LogP contribution in [-0.2, 0) is 6.54 Å². The Labute approximate surface area is 218 Å². The molecule has 0 fully saturated rings. The number of aromatic amines is 1. The number of carboxylic acid groups (broad SMARTS) is 1. The molecule has 0 bridgehead atoms. The van der Waals surface area contributed by atoms with E-state index in [0.717, 1.165) is 39.8 Å². The van der Waals surface area contributed by atoms with Crippen LogP contribution < -0.4 is 0 Å². The highest BCUT2D eigenvalue weighted by Gasteiger charge is 2.28. The lowest BCUT2D eigenvalue weighted by Gasteiger charge is -2.29.